The molecular formula is C19H19FN4O2S. The molecule has 0 aliphatic heterocycles. The lowest BCUT2D eigenvalue weighted by molar-refractivity contribution is -0.114. The molecule has 0 bridgehead atoms. The van der Waals surface area contributed by atoms with Crippen molar-refractivity contribution in [2.24, 2.45) is 0 Å². The summed E-state index contributed by atoms with van der Waals surface area (Å²) in [6, 6.07) is 11.8. The van der Waals surface area contributed by atoms with Gasteiger partial charge in [0.25, 0.3) is 0 Å². The van der Waals surface area contributed by atoms with Gasteiger partial charge >= 0.3 is 0 Å². The van der Waals surface area contributed by atoms with Gasteiger partial charge in [0.1, 0.15) is 5.82 Å². The molecule has 0 unspecified atom stereocenters. The number of carbonyl (C=O) groups is 2. The number of halogens is 1. The van der Waals surface area contributed by atoms with Crippen LogP contribution in [-0.2, 0) is 16.1 Å². The Labute approximate surface area is 160 Å². The lowest BCUT2D eigenvalue weighted by Crippen LogP contribution is -2.16. The van der Waals surface area contributed by atoms with Crippen LogP contribution in [0.4, 0.5) is 15.8 Å². The van der Waals surface area contributed by atoms with E-state index in [2.05, 4.69) is 15.6 Å². The molecule has 0 atom stereocenters. The first-order valence-corrected chi connectivity index (χ1v) is 9.41. The second-order valence-electron chi connectivity index (χ2n) is 5.84. The van der Waals surface area contributed by atoms with Gasteiger partial charge in [-0.05, 0) is 37.3 Å². The Morgan fingerprint density at radius 3 is 2.70 bits per heavy atom. The van der Waals surface area contributed by atoms with Crippen molar-refractivity contribution in [3.8, 4) is 0 Å². The van der Waals surface area contributed by atoms with Crippen LogP contribution in [0, 0.1) is 5.82 Å². The summed E-state index contributed by atoms with van der Waals surface area (Å²) in [5.74, 6) is -1.10. The van der Waals surface area contributed by atoms with Gasteiger partial charge in [-0.25, -0.2) is 9.37 Å². The fourth-order valence-electron chi connectivity index (χ4n) is 2.69. The summed E-state index contributed by atoms with van der Waals surface area (Å²) in [5.41, 5.74) is 2.32. The highest BCUT2D eigenvalue weighted by molar-refractivity contribution is 7.99. The number of aryl methyl sites for hydroxylation is 1. The Hall–Kier alpha value is -2.87. The van der Waals surface area contributed by atoms with Gasteiger partial charge in [0, 0.05) is 19.2 Å². The van der Waals surface area contributed by atoms with Crippen LogP contribution in [0.2, 0.25) is 0 Å². The van der Waals surface area contributed by atoms with Crippen molar-refractivity contribution in [1.29, 1.82) is 0 Å². The number of hydrogen-bond donors (Lipinski definition) is 2. The highest BCUT2D eigenvalue weighted by Crippen LogP contribution is 2.25. The topological polar surface area (TPSA) is 76.0 Å². The van der Waals surface area contributed by atoms with Gasteiger partial charge in [-0.1, -0.05) is 23.9 Å². The number of nitrogens with zero attached hydrogens (tertiary/aromatic N) is 2. The molecule has 0 saturated carbocycles. The minimum Gasteiger partial charge on any atom is -0.326 e. The third kappa shape index (κ3) is 4.46. The molecule has 3 aromatic rings. The third-order valence-corrected chi connectivity index (χ3v) is 4.81. The maximum Gasteiger partial charge on any atom is 0.234 e. The van der Waals surface area contributed by atoms with E-state index >= 15 is 0 Å². The highest BCUT2D eigenvalue weighted by atomic mass is 32.2. The van der Waals surface area contributed by atoms with Crippen molar-refractivity contribution in [2.45, 2.75) is 25.5 Å². The van der Waals surface area contributed by atoms with Gasteiger partial charge in [-0.15, -0.1) is 0 Å². The number of thioether (sulfide) groups is 1. The van der Waals surface area contributed by atoms with Gasteiger partial charge in [-0.2, -0.15) is 0 Å². The number of amides is 2. The minimum atomic E-state index is -0.566. The summed E-state index contributed by atoms with van der Waals surface area (Å²) in [6.07, 6.45) is 0. The number of imidazole rings is 1. The summed E-state index contributed by atoms with van der Waals surface area (Å²) in [5, 5.41) is 5.84. The van der Waals surface area contributed by atoms with Crippen molar-refractivity contribution in [2.75, 3.05) is 16.4 Å². The second kappa shape index (κ2) is 8.22. The number of para-hydroxylation sites is 2. The van der Waals surface area contributed by atoms with E-state index in [0.29, 0.717) is 5.69 Å². The van der Waals surface area contributed by atoms with E-state index in [1.54, 1.807) is 0 Å². The largest absolute Gasteiger partial charge is 0.326 e. The number of benzene rings is 2. The zero-order valence-corrected chi connectivity index (χ0v) is 15.8. The Bertz CT molecular complexity index is 1000. The average Bonchev–Trinajstić information content (AvgIpc) is 3.00. The number of aromatic nitrogens is 2. The molecule has 1 heterocycles. The van der Waals surface area contributed by atoms with E-state index in [-0.39, 0.29) is 23.3 Å². The Balaban J connectivity index is 1.69. The standard InChI is InChI=1S/C19H19FN4O2S/c1-3-24-17-7-5-4-6-15(17)23-19(24)27-11-18(26)22-16-10-13(21-12(2)25)8-9-14(16)20/h4-10H,3,11H2,1-2H3,(H,21,25)(H,22,26). The lowest BCUT2D eigenvalue weighted by Gasteiger charge is -2.09. The van der Waals surface area contributed by atoms with Crippen LogP contribution in [0.25, 0.3) is 11.0 Å². The molecule has 27 heavy (non-hydrogen) atoms. The number of carbonyl (C=O) groups excluding carboxylic acids is 2. The van der Waals surface area contributed by atoms with E-state index in [1.165, 1.54) is 36.9 Å². The Morgan fingerprint density at radius 1 is 1.19 bits per heavy atom. The number of hydrogen-bond acceptors (Lipinski definition) is 4. The van der Waals surface area contributed by atoms with Crippen LogP contribution in [0.5, 0.6) is 0 Å². The van der Waals surface area contributed by atoms with Gasteiger partial charge in [-0.3, -0.25) is 9.59 Å². The molecule has 0 aliphatic rings. The molecule has 8 heteroatoms. The van der Waals surface area contributed by atoms with E-state index in [9.17, 15) is 14.0 Å². The maximum absolute atomic E-state index is 13.9. The van der Waals surface area contributed by atoms with Crippen LogP contribution in [0.3, 0.4) is 0 Å². The zero-order valence-electron chi connectivity index (χ0n) is 15.0. The third-order valence-electron chi connectivity index (χ3n) is 3.83. The van der Waals surface area contributed by atoms with Crippen molar-refractivity contribution in [3.63, 3.8) is 0 Å². The average molecular weight is 386 g/mol. The number of fused-ring (bicyclic) bond motifs is 1. The molecule has 2 N–H and O–H groups in total. The first-order valence-electron chi connectivity index (χ1n) is 8.43. The SMILES string of the molecule is CCn1c(SCC(=O)Nc2cc(NC(C)=O)ccc2F)nc2ccccc21. The quantitative estimate of drug-likeness (QED) is 0.631. The van der Waals surface area contributed by atoms with Crippen molar-refractivity contribution in [1.82, 2.24) is 9.55 Å². The second-order valence-corrected chi connectivity index (χ2v) is 6.78. The predicted molar refractivity (Wildman–Crippen MR) is 105 cm³/mol. The Kier molecular flexibility index (Phi) is 5.75. The number of anilines is 2. The molecule has 140 valence electrons. The predicted octanol–water partition coefficient (Wildman–Crippen LogP) is 3.88. The molecule has 1 aromatic heterocycles. The zero-order chi connectivity index (χ0) is 19.4. The lowest BCUT2D eigenvalue weighted by atomic mass is 10.2. The summed E-state index contributed by atoms with van der Waals surface area (Å²) in [6.45, 7) is 4.11. The highest BCUT2D eigenvalue weighted by Gasteiger charge is 2.13. The van der Waals surface area contributed by atoms with Crippen LogP contribution in [-0.4, -0.2) is 27.1 Å². The molecular weight excluding hydrogens is 367 g/mol. The normalized spacial score (nSPS) is 10.8. The van der Waals surface area contributed by atoms with Gasteiger partial charge in [0.2, 0.25) is 11.8 Å². The molecule has 0 fully saturated rings. The van der Waals surface area contributed by atoms with Crippen LogP contribution >= 0.6 is 11.8 Å². The smallest absolute Gasteiger partial charge is 0.234 e. The van der Waals surface area contributed by atoms with Crippen molar-refractivity contribution >= 4 is 46.0 Å². The fraction of sp³-hybridized carbons (Fsp3) is 0.211. The van der Waals surface area contributed by atoms with Crippen molar-refractivity contribution in [3.05, 3.63) is 48.3 Å². The summed E-state index contributed by atoms with van der Waals surface area (Å²) >= 11 is 1.29. The molecule has 0 spiro atoms. The molecule has 6 nitrogen and oxygen atoms in total. The summed E-state index contributed by atoms with van der Waals surface area (Å²) in [4.78, 5) is 27.9. The van der Waals surface area contributed by atoms with E-state index in [0.717, 1.165) is 22.7 Å². The van der Waals surface area contributed by atoms with E-state index in [4.69, 9.17) is 0 Å². The first kappa shape index (κ1) is 18.9. The van der Waals surface area contributed by atoms with Crippen LogP contribution in [0.15, 0.2) is 47.6 Å². The number of rotatable bonds is 6. The molecule has 2 amide bonds. The molecule has 3 rings (SSSR count). The van der Waals surface area contributed by atoms with Gasteiger partial charge in [0.15, 0.2) is 5.16 Å². The van der Waals surface area contributed by atoms with E-state index < -0.39 is 5.82 Å². The maximum atomic E-state index is 13.9. The molecule has 0 aliphatic carbocycles. The van der Waals surface area contributed by atoms with Crippen LogP contribution in [0.1, 0.15) is 13.8 Å². The molecule has 2 aromatic carbocycles. The van der Waals surface area contributed by atoms with Gasteiger partial charge < -0.3 is 15.2 Å². The van der Waals surface area contributed by atoms with Gasteiger partial charge in [0.05, 0.1) is 22.5 Å². The van der Waals surface area contributed by atoms with Crippen molar-refractivity contribution < 1.29 is 14.0 Å². The summed E-state index contributed by atoms with van der Waals surface area (Å²) < 4.78 is 16.0. The first-order chi connectivity index (χ1) is 13.0. The fourth-order valence-corrected chi connectivity index (χ4v) is 3.57. The van der Waals surface area contributed by atoms with E-state index in [1.807, 2.05) is 35.8 Å². The van der Waals surface area contributed by atoms with Crippen LogP contribution < -0.4 is 10.6 Å². The summed E-state index contributed by atoms with van der Waals surface area (Å²) in [7, 11) is 0. The molecule has 0 radical (unpaired) electrons. The monoisotopic (exact) mass is 386 g/mol. The Morgan fingerprint density at radius 2 is 1.96 bits per heavy atom. The minimum absolute atomic E-state index is 0.0239. The molecule has 0 saturated heterocycles. The number of nitrogens with one attached hydrogen (secondary N) is 2.